The highest BCUT2D eigenvalue weighted by atomic mass is 32.1. The van der Waals surface area contributed by atoms with Crippen molar-refractivity contribution in [3.05, 3.63) is 54.6 Å². The van der Waals surface area contributed by atoms with E-state index < -0.39 is 11.2 Å². The van der Waals surface area contributed by atoms with E-state index in [4.69, 9.17) is 4.65 Å². The van der Waals surface area contributed by atoms with Crippen LogP contribution in [0.4, 0.5) is 0 Å². The Morgan fingerprint density at radius 3 is 2.15 bits per heavy atom. The molecular weight excluding hydrogens is 339 g/mol. The lowest BCUT2D eigenvalue weighted by molar-refractivity contribution is -0.0893. The van der Waals surface area contributed by atoms with Gasteiger partial charge >= 0.3 is 7.48 Å². The molecule has 1 N–H and O–H groups in total. The summed E-state index contributed by atoms with van der Waals surface area (Å²) in [6.45, 7) is 7.36. The van der Waals surface area contributed by atoms with E-state index in [-0.39, 0.29) is 0 Å². The van der Waals surface area contributed by atoms with Gasteiger partial charge in [-0.15, -0.1) is 11.3 Å². The lowest BCUT2D eigenvalue weighted by atomic mass is 9.79. The van der Waals surface area contributed by atoms with E-state index in [0.29, 0.717) is 0 Å². The molecule has 4 aromatic rings. The molecule has 1 heterocycles. The summed E-state index contributed by atoms with van der Waals surface area (Å²) in [5.41, 5.74) is -0.605. The van der Waals surface area contributed by atoms with Crippen molar-refractivity contribution in [3.63, 3.8) is 0 Å². The average molecular weight is 361 g/mol. The highest BCUT2D eigenvalue weighted by molar-refractivity contribution is 7.26. The summed E-state index contributed by atoms with van der Waals surface area (Å²) >= 11 is 1.83. The van der Waals surface area contributed by atoms with Crippen LogP contribution < -0.4 is 5.46 Å². The van der Waals surface area contributed by atoms with Crippen LogP contribution in [0.15, 0.2) is 54.6 Å². The maximum Gasteiger partial charge on any atom is 0.331 e. The molecule has 0 amide bonds. The zero-order valence-electron chi connectivity index (χ0n) is 15.5. The van der Waals surface area contributed by atoms with E-state index in [0.717, 1.165) is 10.8 Å². The second-order valence-corrected chi connectivity index (χ2v) is 8.84. The molecule has 3 aromatic carbocycles. The standard InChI is InChI=1S/C22H22BO2S/c1-21(2,24)22(3,4)25-23-18-13-17-15-10-7-8-12-19(15)26-20(17)16-11-6-5-9-14(16)18/h5-13,24H,1-4H3. The molecule has 0 saturated heterocycles. The fourth-order valence-electron chi connectivity index (χ4n) is 3.03. The fourth-order valence-corrected chi connectivity index (χ4v) is 4.25. The van der Waals surface area contributed by atoms with Gasteiger partial charge in [-0.3, -0.25) is 0 Å². The van der Waals surface area contributed by atoms with Crippen LogP contribution in [0, 0.1) is 0 Å². The summed E-state index contributed by atoms with van der Waals surface area (Å²) in [5.74, 6) is 0. The molecule has 1 aromatic heterocycles. The first-order valence-corrected chi connectivity index (χ1v) is 9.66. The van der Waals surface area contributed by atoms with Crippen molar-refractivity contribution in [2.24, 2.45) is 0 Å². The Hall–Kier alpha value is -1.88. The molecule has 0 aliphatic carbocycles. The van der Waals surface area contributed by atoms with Crippen LogP contribution in [0.5, 0.6) is 0 Å². The molecule has 0 bridgehead atoms. The average Bonchev–Trinajstić information content (AvgIpc) is 2.97. The molecule has 4 heteroatoms. The molecule has 0 spiro atoms. The second kappa shape index (κ2) is 6.09. The molecule has 0 unspecified atom stereocenters. The van der Waals surface area contributed by atoms with Crippen LogP contribution in [0.25, 0.3) is 30.9 Å². The lowest BCUT2D eigenvalue weighted by Gasteiger charge is -2.37. The van der Waals surface area contributed by atoms with Crippen LogP contribution in [0.3, 0.4) is 0 Å². The predicted molar refractivity (Wildman–Crippen MR) is 114 cm³/mol. The first-order chi connectivity index (χ1) is 12.3. The summed E-state index contributed by atoms with van der Waals surface area (Å²) in [6.07, 6.45) is 0. The molecule has 0 saturated carbocycles. The van der Waals surface area contributed by atoms with E-state index in [1.54, 1.807) is 21.3 Å². The minimum absolute atomic E-state index is 0.695. The molecule has 0 atom stereocenters. The van der Waals surface area contributed by atoms with Crippen molar-refractivity contribution in [2.45, 2.75) is 38.9 Å². The predicted octanol–water partition coefficient (Wildman–Crippen LogP) is 5.02. The van der Waals surface area contributed by atoms with Crippen LogP contribution in [0.2, 0.25) is 0 Å². The monoisotopic (exact) mass is 361 g/mol. The molecule has 1 radical (unpaired) electrons. The van der Waals surface area contributed by atoms with Crippen molar-refractivity contribution in [3.8, 4) is 0 Å². The third kappa shape index (κ3) is 2.82. The van der Waals surface area contributed by atoms with E-state index in [1.165, 1.54) is 25.6 Å². The maximum absolute atomic E-state index is 10.4. The van der Waals surface area contributed by atoms with Crippen LogP contribution in [0.1, 0.15) is 27.7 Å². The molecule has 0 aliphatic heterocycles. The van der Waals surface area contributed by atoms with Gasteiger partial charge in [-0.05, 0) is 50.0 Å². The Kier molecular flexibility index (Phi) is 4.10. The van der Waals surface area contributed by atoms with Gasteiger partial charge in [0, 0.05) is 20.2 Å². The Labute approximate surface area is 158 Å². The Bertz CT molecular complexity index is 1110. The molecule has 0 aliphatic rings. The SMILES string of the molecule is CC(C)(O)C(C)(C)O[B]c1cc2c3ccccc3sc2c2ccccc12. The normalized spacial score (nSPS) is 13.0. The highest BCUT2D eigenvalue weighted by Gasteiger charge is 2.35. The Balaban J connectivity index is 1.89. The van der Waals surface area contributed by atoms with E-state index in [2.05, 4.69) is 54.6 Å². The number of hydrogen-bond donors (Lipinski definition) is 1. The van der Waals surface area contributed by atoms with Gasteiger partial charge < -0.3 is 9.76 Å². The second-order valence-electron chi connectivity index (χ2n) is 7.79. The molecule has 26 heavy (non-hydrogen) atoms. The van der Waals surface area contributed by atoms with Crippen molar-refractivity contribution < 1.29 is 9.76 Å². The van der Waals surface area contributed by atoms with Gasteiger partial charge in [0.05, 0.1) is 11.2 Å². The minimum Gasteiger partial charge on any atom is -0.427 e. The molecular formula is C22H22BO2S. The van der Waals surface area contributed by atoms with Gasteiger partial charge in [-0.1, -0.05) is 48.5 Å². The summed E-state index contributed by atoms with van der Waals surface area (Å²) < 4.78 is 8.65. The first kappa shape index (κ1) is 17.5. The molecule has 131 valence electrons. The van der Waals surface area contributed by atoms with Gasteiger partial charge in [0.2, 0.25) is 0 Å². The molecule has 4 rings (SSSR count). The van der Waals surface area contributed by atoms with Crippen molar-refractivity contribution in [1.82, 2.24) is 0 Å². The van der Waals surface area contributed by atoms with E-state index >= 15 is 0 Å². The zero-order chi connectivity index (χ0) is 18.5. The number of aliphatic hydroxyl groups is 1. The van der Waals surface area contributed by atoms with Crippen molar-refractivity contribution >= 4 is 55.2 Å². The lowest BCUT2D eigenvalue weighted by Crippen LogP contribution is -2.49. The molecule has 0 fully saturated rings. The van der Waals surface area contributed by atoms with E-state index in [1.807, 2.05) is 25.2 Å². The van der Waals surface area contributed by atoms with Crippen LogP contribution in [-0.4, -0.2) is 23.8 Å². The largest absolute Gasteiger partial charge is 0.427 e. The number of benzene rings is 3. The van der Waals surface area contributed by atoms with Gasteiger partial charge in [0.25, 0.3) is 0 Å². The number of hydrogen-bond acceptors (Lipinski definition) is 3. The smallest absolute Gasteiger partial charge is 0.331 e. The van der Waals surface area contributed by atoms with Crippen LogP contribution in [-0.2, 0) is 4.65 Å². The zero-order valence-corrected chi connectivity index (χ0v) is 16.4. The minimum atomic E-state index is -0.946. The van der Waals surface area contributed by atoms with Gasteiger partial charge in [-0.2, -0.15) is 0 Å². The summed E-state index contributed by atoms with van der Waals surface area (Å²) in [4.78, 5) is 0. The maximum atomic E-state index is 10.4. The highest BCUT2D eigenvalue weighted by Crippen LogP contribution is 2.37. The number of thiophene rings is 1. The van der Waals surface area contributed by atoms with Crippen molar-refractivity contribution in [2.75, 3.05) is 0 Å². The Morgan fingerprint density at radius 2 is 1.46 bits per heavy atom. The third-order valence-electron chi connectivity index (χ3n) is 5.37. The Morgan fingerprint density at radius 1 is 0.846 bits per heavy atom. The quantitative estimate of drug-likeness (QED) is 0.517. The topological polar surface area (TPSA) is 29.5 Å². The first-order valence-electron chi connectivity index (χ1n) is 8.84. The van der Waals surface area contributed by atoms with Gasteiger partial charge in [-0.25, -0.2) is 0 Å². The third-order valence-corrected chi connectivity index (χ3v) is 6.59. The summed E-state index contributed by atoms with van der Waals surface area (Å²) in [7, 11) is 1.80. The number of fused-ring (bicyclic) bond motifs is 5. The van der Waals surface area contributed by atoms with Gasteiger partial charge in [0.1, 0.15) is 0 Å². The number of rotatable bonds is 4. The van der Waals surface area contributed by atoms with E-state index in [9.17, 15) is 5.11 Å². The summed E-state index contributed by atoms with van der Waals surface area (Å²) in [6, 6.07) is 19.2. The summed E-state index contributed by atoms with van der Waals surface area (Å²) in [5, 5.41) is 15.3. The van der Waals surface area contributed by atoms with Gasteiger partial charge in [0.15, 0.2) is 0 Å². The van der Waals surface area contributed by atoms with Crippen molar-refractivity contribution in [1.29, 1.82) is 0 Å². The fraction of sp³-hybridized carbons (Fsp3) is 0.273. The van der Waals surface area contributed by atoms with Crippen LogP contribution >= 0.6 is 11.3 Å². The molecule has 2 nitrogen and oxygen atoms in total.